The van der Waals surface area contributed by atoms with Gasteiger partial charge in [0, 0.05) is 22.9 Å². The van der Waals surface area contributed by atoms with Crippen LogP contribution in [0.1, 0.15) is 22.8 Å². The predicted octanol–water partition coefficient (Wildman–Crippen LogP) is 4.98. The van der Waals surface area contributed by atoms with Crippen molar-refractivity contribution < 1.29 is 9.18 Å². The lowest BCUT2D eigenvalue weighted by atomic mass is 10.1. The molecule has 1 aromatic heterocycles. The van der Waals surface area contributed by atoms with Crippen LogP contribution in [0.5, 0.6) is 0 Å². The van der Waals surface area contributed by atoms with Crippen molar-refractivity contribution in [2.45, 2.75) is 19.4 Å². The zero-order chi connectivity index (χ0) is 19.2. The number of pyridine rings is 1. The highest BCUT2D eigenvalue weighted by Gasteiger charge is 2.15. The maximum atomic E-state index is 13.4. The highest BCUT2D eigenvalue weighted by atomic mass is 35.5. The number of nitrogens with zero attached hydrogens (tertiary/aromatic N) is 1. The van der Waals surface area contributed by atoms with Crippen molar-refractivity contribution in [1.82, 2.24) is 10.3 Å². The molecular weight excluding hydrogens is 365 g/mol. The maximum Gasteiger partial charge on any atom is 0.255 e. The van der Waals surface area contributed by atoms with E-state index in [1.807, 2.05) is 31.2 Å². The minimum absolute atomic E-state index is 0.0989. The fraction of sp³-hybridized carbons (Fsp3) is 0.143. The summed E-state index contributed by atoms with van der Waals surface area (Å²) in [5.41, 5.74) is 1.95. The van der Waals surface area contributed by atoms with Crippen molar-refractivity contribution in [3.63, 3.8) is 0 Å². The summed E-state index contributed by atoms with van der Waals surface area (Å²) >= 11 is 6.01. The molecule has 27 heavy (non-hydrogen) atoms. The lowest BCUT2D eigenvalue weighted by Gasteiger charge is -2.16. The molecule has 3 rings (SSSR count). The van der Waals surface area contributed by atoms with Gasteiger partial charge in [0.05, 0.1) is 5.56 Å². The van der Waals surface area contributed by atoms with Gasteiger partial charge in [0.1, 0.15) is 11.6 Å². The Bertz CT molecular complexity index is 948. The van der Waals surface area contributed by atoms with E-state index < -0.39 is 0 Å². The van der Waals surface area contributed by atoms with E-state index in [4.69, 9.17) is 11.6 Å². The average molecular weight is 384 g/mol. The predicted molar refractivity (Wildman–Crippen MR) is 106 cm³/mol. The lowest BCUT2D eigenvalue weighted by Crippen LogP contribution is -2.34. The third-order valence-electron chi connectivity index (χ3n) is 3.95. The Morgan fingerprint density at radius 2 is 1.96 bits per heavy atom. The second-order valence-electron chi connectivity index (χ2n) is 6.24. The summed E-state index contributed by atoms with van der Waals surface area (Å²) in [6.45, 7) is 1.93. The van der Waals surface area contributed by atoms with Crippen molar-refractivity contribution in [1.29, 1.82) is 0 Å². The Hall–Kier alpha value is -2.92. The summed E-state index contributed by atoms with van der Waals surface area (Å²) in [4.78, 5) is 16.9. The van der Waals surface area contributed by atoms with Gasteiger partial charge in [-0.05, 0) is 61.4 Å². The highest BCUT2D eigenvalue weighted by Crippen LogP contribution is 2.19. The Balaban J connectivity index is 1.71. The molecule has 2 N–H and O–H groups in total. The molecule has 0 spiro atoms. The Morgan fingerprint density at radius 3 is 2.74 bits per heavy atom. The molecule has 1 atom stereocenters. The molecule has 3 aromatic rings. The summed E-state index contributed by atoms with van der Waals surface area (Å²) in [5.74, 6) is -0.246. The molecule has 0 fully saturated rings. The number of carbonyl (C=O) groups is 1. The van der Waals surface area contributed by atoms with Crippen molar-refractivity contribution in [2.75, 3.05) is 5.32 Å². The van der Waals surface area contributed by atoms with Crippen molar-refractivity contribution in [3.8, 4) is 0 Å². The van der Waals surface area contributed by atoms with Crippen LogP contribution in [0.2, 0.25) is 5.02 Å². The fourth-order valence-electron chi connectivity index (χ4n) is 2.76. The molecule has 0 unspecified atom stereocenters. The SMILES string of the molecule is C[C@@H](Cc1cccc(Cl)c1)NC(=O)c1cccnc1Nc1cccc(F)c1. The number of aromatic nitrogens is 1. The number of amides is 1. The minimum atomic E-state index is -0.364. The first-order chi connectivity index (χ1) is 13.0. The number of rotatable bonds is 6. The third kappa shape index (κ3) is 5.28. The van der Waals surface area contributed by atoms with Crippen molar-refractivity contribution in [3.05, 3.63) is 88.8 Å². The van der Waals surface area contributed by atoms with Gasteiger partial charge in [-0.3, -0.25) is 4.79 Å². The second kappa shape index (κ2) is 8.64. The average Bonchev–Trinajstić information content (AvgIpc) is 2.62. The molecule has 4 nitrogen and oxygen atoms in total. The number of carbonyl (C=O) groups excluding carboxylic acids is 1. The van der Waals surface area contributed by atoms with Gasteiger partial charge in [-0.2, -0.15) is 0 Å². The number of benzene rings is 2. The van der Waals surface area contributed by atoms with E-state index in [2.05, 4.69) is 15.6 Å². The molecule has 1 heterocycles. The largest absolute Gasteiger partial charge is 0.349 e. The van der Waals surface area contributed by atoms with E-state index in [1.54, 1.807) is 30.5 Å². The van der Waals surface area contributed by atoms with Crippen LogP contribution in [0.4, 0.5) is 15.9 Å². The number of nitrogens with one attached hydrogen (secondary N) is 2. The monoisotopic (exact) mass is 383 g/mol. The smallest absolute Gasteiger partial charge is 0.255 e. The van der Waals surface area contributed by atoms with Gasteiger partial charge in [0.15, 0.2) is 0 Å². The van der Waals surface area contributed by atoms with Crippen LogP contribution in [-0.4, -0.2) is 16.9 Å². The first-order valence-corrected chi connectivity index (χ1v) is 8.92. The number of anilines is 2. The second-order valence-corrected chi connectivity index (χ2v) is 6.68. The molecule has 1 amide bonds. The van der Waals surface area contributed by atoms with Crippen LogP contribution in [0.25, 0.3) is 0 Å². The van der Waals surface area contributed by atoms with Crippen LogP contribution in [-0.2, 0) is 6.42 Å². The van der Waals surface area contributed by atoms with Crippen LogP contribution in [0, 0.1) is 5.82 Å². The lowest BCUT2D eigenvalue weighted by molar-refractivity contribution is 0.0940. The van der Waals surface area contributed by atoms with Gasteiger partial charge in [0.2, 0.25) is 0 Å². The summed E-state index contributed by atoms with van der Waals surface area (Å²) < 4.78 is 13.4. The summed E-state index contributed by atoms with van der Waals surface area (Å²) in [6, 6.07) is 16.8. The van der Waals surface area contributed by atoms with Crippen LogP contribution < -0.4 is 10.6 Å². The molecule has 0 saturated heterocycles. The normalized spacial score (nSPS) is 11.7. The molecule has 0 saturated carbocycles. The highest BCUT2D eigenvalue weighted by molar-refractivity contribution is 6.30. The van der Waals surface area contributed by atoms with Gasteiger partial charge >= 0.3 is 0 Å². The molecule has 2 aromatic carbocycles. The molecule has 6 heteroatoms. The maximum absolute atomic E-state index is 13.4. The van der Waals surface area contributed by atoms with Crippen LogP contribution in [0.15, 0.2) is 66.9 Å². The Labute approximate surface area is 162 Å². The van der Waals surface area contributed by atoms with Gasteiger partial charge in [-0.25, -0.2) is 9.37 Å². The standard InChI is InChI=1S/C21H19ClFN3O/c1-14(11-15-5-2-6-16(22)12-15)25-21(27)19-9-4-10-24-20(19)26-18-8-3-7-17(23)13-18/h2-10,12-14H,11H2,1H3,(H,24,26)(H,25,27)/t14-/m0/s1. The molecule has 138 valence electrons. The topological polar surface area (TPSA) is 54.0 Å². The number of hydrogen-bond donors (Lipinski definition) is 2. The quantitative estimate of drug-likeness (QED) is 0.631. The van der Waals surface area contributed by atoms with Gasteiger partial charge in [-0.15, -0.1) is 0 Å². The van der Waals surface area contributed by atoms with Crippen LogP contribution in [0.3, 0.4) is 0 Å². The zero-order valence-electron chi connectivity index (χ0n) is 14.7. The Kier molecular flexibility index (Phi) is 6.04. The molecule has 0 aliphatic heterocycles. The van der Waals surface area contributed by atoms with E-state index in [1.165, 1.54) is 12.1 Å². The summed E-state index contributed by atoms with van der Waals surface area (Å²) in [7, 11) is 0. The van der Waals surface area contributed by atoms with E-state index in [9.17, 15) is 9.18 Å². The number of halogens is 2. The molecular formula is C21H19ClFN3O. The zero-order valence-corrected chi connectivity index (χ0v) is 15.5. The van der Waals surface area contributed by atoms with Gasteiger partial charge in [-0.1, -0.05) is 29.8 Å². The van der Waals surface area contributed by atoms with Crippen LogP contribution >= 0.6 is 11.6 Å². The summed E-state index contributed by atoms with van der Waals surface area (Å²) in [5, 5.41) is 6.63. The van der Waals surface area contributed by atoms with E-state index >= 15 is 0 Å². The third-order valence-corrected chi connectivity index (χ3v) is 4.18. The van der Waals surface area contributed by atoms with Crippen molar-refractivity contribution >= 4 is 29.0 Å². The first kappa shape index (κ1) is 18.9. The molecule has 0 aliphatic carbocycles. The van der Waals surface area contributed by atoms with E-state index in [0.29, 0.717) is 28.5 Å². The van der Waals surface area contributed by atoms with E-state index in [-0.39, 0.29) is 17.8 Å². The molecule has 0 aliphatic rings. The van der Waals surface area contributed by atoms with Crippen molar-refractivity contribution in [2.24, 2.45) is 0 Å². The first-order valence-electron chi connectivity index (χ1n) is 8.54. The fourth-order valence-corrected chi connectivity index (χ4v) is 2.97. The minimum Gasteiger partial charge on any atom is -0.349 e. The van der Waals surface area contributed by atoms with E-state index in [0.717, 1.165) is 5.56 Å². The summed E-state index contributed by atoms with van der Waals surface area (Å²) in [6.07, 6.45) is 2.23. The number of hydrogen-bond acceptors (Lipinski definition) is 3. The molecule has 0 bridgehead atoms. The van der Waals surface area contributed by atoms with Gasteiger partial charge in [0.25, 0.3) is 5.91 Å². The van der Waals surface area contributed by atoms with Gasteiger partial charge < -0.3 is 10.6 Å². The molecule has 0 radical (unpaired) electrons. The Morgan fingerprint density at radius 1 is 1.15 bits per heavy atom.